The molecule has 0 bridgehead atoms. The Balaban J connectivity index is 0. The van der Waals surface area contributed by atoms with Gasteiger partial charge in [-0.1, -0.05) is 66.2 Å². The van der Waals surface area contributed by atoms with E-state index in [4.69, 9.17) is 0 Å². The number of hydrogen-bond acceptors (Lipinski definition) is 0. The van der Waals surface area contributed by atoms with Gasteiger partial charge in [0.15, 0.2) is 0 Å². The molecule has 0 aliphatic heterocycles. The zero-order valence-corrected chi connectivity index (χ0v) is 6.95. The van der Waals surface area contributed by atoms with Crippen molar-refractivity contribution in [2.75, 3.05) is 0 Å². The molecule has 1 fully saturated rings. The summed E-state index contributed by atoms with van der Waals surface area (Å²) in [5.41, 5.74) is 0. The molecule has 0 aromatic carbocycles. The van der Waals surface area contributed by atoms with E-state index in [9.17, 15) is 0 Å². The van der Waals surface area contributed by atoms with Crippen molar-refractivity contribution in [3.05, 3.63) is 0 Å². The van der Waals surface area contributed by atoms with Crippen LogP contribution in [0.15, 0.2) is 0 Å². The minimum absolute atomic E-state index is 0. The quantitative estimate of drug-likeness (QED) is 0.473. The molecule has 10 heavy (non-hydrogen) atoms. The van der Waals surface area contributed by atoms with Gasteiger partial charge in [-0.3, -0.25) is 0 Å². The fourth-order valence-corrected chi connectivity index (χ4v) is 1.06. The van der Waals surface area contributed by atoms with Crippen LogP contribution in [0.25, 0.3) is 0 Å². The fraction of sp³-hybridized carbons (Fsp3) is 1.00. The van der Waals surface area contributed by atoms with Crippen LogP contribution in [0.3, 0.4) is 0 Å². The van der Waals surface area contributed by atoms with Crippen molar-refractivity contribution < 1.29 is 0 Å². The van der Waals surface area contributed by atoms with Gasteiger partial charge in [-0.15, -0.1) is 0 Å². The van der Waals surface area contributed by atoms with E-state index in [0.29, 0.717) is 0 Å². The second-order valence-electron chi connectivity index (χ2n) is 2.83. The van der Waals surface area contributed by atoms with Gasteiger partial charge < -0.3 is 0 Å². The van der Waals surface area contributed by atoms with E-state index in [2.05, 4.69) is 13.8 Å². The topological polar surface area (TPSA) is 0 Å². The third-order valence-electron chi connectivity index (χ3n) is 1.50. The average molecular weight is 144 g/mol. The molecule has 0 N–H and O–H groups in total. The normalized spacial score (nSPS) is 16.2. The summed E-state index contributed by atoms with van der Waals surface area (Å²) in [4.78, 5) is 0. The minimum atomic E-state index is 0. The van der Waals surface area contributed by atoms with Crippen molar-refractivity contribution >= 4 is 0 Å². The smallest absolute Gasteiger partial charge is 0.0533 e. The molecule has 64 valence electrons. The van der Waals surface area contributed by atoms with Crippen molar-refractivity contribution in [3.63, 3.8) is 0 Å². The first kappa shape index (κ1) is 12.7. The van der Waals surface area contributed by atoms with E-state index in [0.717, 1.165) is 0 Å². The van der Waals surface area contributed by atoms with E-state index in [1.165, 1.54) is 44.9 Å². The predicted octanol–water partition coefficient (Wildman–Crippen LogP) is 4.39. The summed E-state index contributed by atoms with van der Waals surface area (Å²) in [6, 6.07) is 0. The highest BCUT2D eigenvalue weighted by Gasteiger charge is 1.95. The lowest BCUT2D eigenvalue weighted by Crippen LogP contribution is -1.85. The Morgan fingerprint density at radius 3 is 0.900 bits per heavy atom. The van der Waals surface area contributed by atoms with Gasteiger partial charge in [-0.25, -0.2) is 0 Å². The standard InChI is InChI=1S/C6H12.C3H8.CH4/c1-2-4-6-5-3-1;1-3-2;/h1-6H2;3H2,1-2H3;1H4. The second-order valence-corrected chi connectivity index (χ2v) is 2.83. The molecule has 0 heterocycles. The maximum atomic E-state index is 2.12. The zero-order valence-electron chi connectivity index (χ0n) is 6.95. The summed E-state index contributed by atoms with van der Waals surface area (Å²) >= 11 is 0. The summed E-state index contributed by atoms with van der Waals surface area (Å²) < 4.78 is 0. The highest BCUT2D eigenvalue weighted by Crippen LogP contribution is 2.15. The first-order valence-electron chi connectivity index (χ1n) is 4.41. The monoisotopic (exact) mass is 144 g/mol. The third kappa shape index (κ3) is 10.9. The summed E-state index contributed by atoms with van der Waals surface area (Å²) in [6.45, 7) is 4.25. The van der Waals surface area contributed by atoms with E-state index >= 15 is 0 Å². The van der Waals surface area contributed by atoms with Gasteiger partial charge >= 0.3 is 0 Å². The van der Waals surface area contributed by atoms with Gasteiger partial charge in [-0.05, 0) is 0 Å². The average Bonchev–Trinajstić information content (AvgIpc) is 1.93. The Morgan fingerprint density at radius 2 is 0.800 bits per heavy atom. The van der Waals surface area contributed by atoms with Crippen molar-refractivity contribution in [3.8, 4) is 0 Å². The molecule has 0 atom stereocenters. The molecule has 1 aliphatic rings. The second kappa shape index (κ2) is 11.8. The maximum Gasteiger partial charge on any atom is -0.0533 e. The number of rotatable bonds is 0. The van der Waals surface area contributed by atoms with E-state index in [1.54, 1.807) is 0 Å². The third-order valence-corrected chi connectivity index (χ3v) is 1.50. The molecule has 0 nitrogen and oxygen atoms in total. The molecule has 1 aliphatic carbocycles. The molecule has 0 saturated heterocycles. The van der Waals surface area contributed by atoms with Crippen molar-refractivity contribution in [1.82, 2.24) is 0 Å². The van der Waals surface area contributed by atoms with Crippen LogP contribution in [0.4, 0.5) is 0 Å². The molecular formula is C10H24. The fourth-order valence-electron chi connectivity index (χ4n) is 1.06. The highest BCUT2D eigenvalue weighted by atomic mass is 14.0. The first-order valence-corrected chi connectivity index (χ1v) is 4.41. The first-order chi connectivity index (χ1) is 4.41. The van der Waals surface area contributed by atoms with Crippen LogP contribution < -0.4 is 0 Å². The Morgan fingerprint density at radius 1 is 0.700 bits per heavy atom. The maximum absolute atomic E-state index is 2.12. The van der Waals surface area contributed by atoms with Crippen molar-refractivity contribution in [1.29, 1.82) is 0 Å². The summed E-state index contributed by atoms with van der Waals surface area (Å²) in [5, 5.41) is 0. The van der Waals surface area contributed by atoms with Gasteiger partial charge in [0, 0.05) is 0 Å². The largest absolute Gasteiger partial charge is 0.0776 e. The lowest BCUT2D eigenvalue weighted by atomic mass is 10.0. The van der Waals surface area contributed by atoms with E-state index in [-0.39, 0.29) is 7.43 Å². The van der Waals surface area contributed by atoms with Crippen LogP contribution in [0.2, 0.25) is 0 Å². The van der Waals surface area contributed by atoms with Crippen LogP contribution in [0.5, 0.6) is 0 Å². The molecule has 0 heteroatoms. The Kier molecular flexibility index (Phi) is 14.9. The van der Waals surface area contributed by atoms with Crippen LogP contribution in [-0.2, 0) is 0 Å². The summed E-state index contributed by atoms with van der Waals surface area (Å²) in [5.74, 6) is 0. The molecule has 1 saturated carbocycles. The molecule has 0 aromatic rings. The zero-order chi connectivity index (χ0) is 6.95. The predicted molar refractivity (Wildman–Crippen MR) is 50.4 cm³/mol. The highest BCUT2D eigenvalue weighted by molar-refractivity contribution is 4.51. The van der Waals surface area contributed by atoms with E-state index < -0.39 is 0 Å². The Hall–Kier alpha value is 0. The van der Waals surface area contributed by atoms with Crippen LogP contribution >= 0.6 is 0 Å². The lowest BCUT2D eigenvalue weighted by Gasteiger charge is -2.05. The van der Waals surface area contributed by atoms with Crippen molar-refractivity contribution in [2.45, 2.75) is 66.2 Å². The SMILES string of the molecule is C.C1CCCCC1.CCC. The molecule has 0 spiro atoms. The molecule has 0 radical (unpaired) electrons. The van der Waals surface area contributed by atoms with Crippen LogP contribution in [0, 0.1) is 0 Å². The molecule has 0 amide bonds. The van der Waals surface area contributed by atoms with Gasteiger partial charge in [0.25, 0.3) is 0 Å². The molecular weight excluding hydrogens is 120 g/mol. The Labute approximate surface area is 67.0 Å². The summed E-state index contributed by atoms with van der Waals surface area (Å²) in [7, 11) is 0. The van der Waals surface area contributed by atoms with Gasteiger partial charge in [0.1, 0.15) is 0 Å². The van der Waals surface area contributed by atoms with E-state index in [1.807, 2.05) is 0 Å². The van der Waals surface area contributed by atoms with Crippen LogP contribution in [-0.4, -0.2) is 0 Å². The number of hydrogen-bond donors (Lipinski definition) is 0. The minimum Gasteiger partial charge on any atom is -0.0776 e. The van der Waals surface area contributed by atoms with Crippen molar-refractivity contribution in [2.24, 2.45) is 0 Å². The van der Waals surface area contributed by atoms with Gasteiger partial charge in [-0.2, -0.15) is 0 Å². The molecule has 0 aromatic heterocycles. The van der Waals surface area contributed by atoms with Gasteiger partial charge in [0.05, 0.1) is 0 Å². The molecule has 1 rings (SSSR count). The lowest BCUT2D eigenvalue weighted by molar-refractivity contribution is 0.504. The molecule has 0 unspecified atom stereocenters. The summed E-state index contributed by atoms with van der Waals surface area (Å²) in [6.07, 6.45) is 10.2. The van der Waals surface area contributed by atoms with Gasteiger partial charge in [0.2, 0.25) is 0 Å². The Bertz CT molecular complexity index is 23.8. The van der Waals surface area contributed by atoms with Crippen LogP contribution in [0.1, 0.15) is 66.2 Å².